The number of hydrogen-bond acceptors (Lipinski definition) is 7. The zero-order valence-corrected chi connectivity index (χ0v) is 18.0. The van der Waals surface area contributed by atoms with Crippen LogP contribution >= 0.6 is 23.5 Å². The molecule has 152 valence electrons. The van der Waals surface area contributed by atoms with E-state index in [-0.39, 0.29) is 6.04 Å². The van der Waals surface area contributed by atoms with Crippen molar-refractivity contribution in [3.8, 4) is 0 Å². The largest absolute Gasteiger partial charge is 0.387 e. The molecule has 0 fully saturated rings. The Labute approximate surface area is 180 Å². The second-order valence-corrected chi connectivity index (χ2v) is 8.84. The van der Waals surface area contributed by atoms with Gasteiger partial charge in [-0.3, -0.25) is 9.98 Å². The minimum atomic E-state index is 0.151. The van der Waals surface area contributed by atoms with Crippen LogP contribution in [0.5, 0.6) is 0 Å². The Balaban J connectivity index is 0.000000169. The maximum atomic E-state index is 5.65. The molecular formula is C21H26N6S2. The van der Waals surface area contributed by atoms with Crippen LogP contribution in [-0.4, -0.2) is 33.7 Å². The van der Waals surface area contributed by atoms with Crippen LogP contribution in [-0.2, 0) is 6.42 Å². The van der Waals surface area contributed by atoms with Crippen LogP contribution in [0.3, 0.4) is 0 Å². The van der Waals surface area contributed by atoms with Crippen molar-refractivity contribution in [3.63, 3.8) is 0 Å². The summed E-state index contributed by atoms with van der Waals surface area (Å²) in [5, 5.41) is 1.40. The summed E-state index contributed by atoms with van der Waals surface area (Å²) < 4.78 is 0. The third-order valence-corrected chi connectivity index (χ3v) is 6.12. The molecule has 2 aliphatic heterocycles. The number of rotatable bonds is 4. The predicted octanol–water partition coefficient (Wildman–Crippen LogP) is 3.46. The zero-order valence-electron chi connectivity index (χ0n) is 16.4. The van der Waals surface area contributed by atoms with Gasteiger partial charge < -0.3 is 17.2 Å². The lowest BCUT2D eigenvalue weighted by molar-refractivity contribution is 0.762. The average Bonchev–Trinajstić information content (AvgIpc) is 3.31. The third-order valence-electron chi connectivity index (χ3n) is 4.28. The highest BCUT2D eigenvalue weighted by molar-refractivity contribution is 8.14. The molecule has 6 nitrogen and oxygen atoms in total. The van der Waals surface area contributed by atoms with E-state index in [1.807, 2.05) is 30.3 Å². The van der Waals surface area contributed by atoms with Crippen molar-refractivity contribution < 1.29 is 0 Å². The lowest BCUT2D eigenvalue weighted by atomic mass is 10.1. The topological polar surface area (TPSA) is 115 Å². The molecule has 8 heteroatoms. The fourth-order valence-electron chi connectivity index (χ4n) is 3.00. The van der Waals surface area contributed by atoms with Crippen LogP contribution in [0.1, 0.15) is 24.1 Å². The van der Waals surface area contributed by atoms with Gasteiger partial charge in [-0.25, -0.2) is 4.99 Å². The smallest absolute Gasteiger partial charge is 0.154 e. The standard InChI is InChI=1S/C11H14N4S.C10H12N2S/c1-7(12)14-9-4-2-3-8(5-9)10-6-16-11(13)15-10;11-10-12-9(7-13-10)6-8-4-2-1-3-5-8/h2-5,10H,6H2,1H3,(H2,12,14)(H2,13,15);1-5,9H,6-7H2,(H2,11,12)/t;9-/m.1/s1. The Bertz CT molecular complexity index is 906. The molecule has 0 spiro atoms. The lowest BCUT2D eigenvalue weighted by Crippen LogP contribution is -2.08. The summed E-state index contributed by atoms with van der Waals surface area (Å²) in [6.45, 7) is 1.77. The summed E-state index contributed by atoms with van der Waals surface area (Å²) >= 11 is 3.24. The SMILES string of the molecule is CC(N)=Nc1cccc(C2CSC(N)=N2)c1.NC1=N[C@H](Cc2ccccc2)CS1. The highest BCUT2D eigenvalue weighted by Crippen LogP contribution is 2.30. The van der Waals surface area contributed by atoms with Gasteiger partial charge >= 0.3 is 0 Å². The molecule has 0 bridgehead atoms. The van der Waals surface area contributed by atoms with Crippen molar-refractivity contribution in [1.29, 1.82) is 0 Å². The van der Waals surface area contributed by atoms with Gasteiger partial charge in [-0.05, 0) is 36.6 Å². The molecule has 1 unspecified atom stereocenters. The first-order chi connectivity index (χ1) is 14.0. The van der Waals surface area contributed by atoms with Crippen LogP contribution < -0.4 is 17.2 Å². The van der Waals surface area contributed by atoms with E-state index in [2.05, 4.69) is 39.2 Å². The van der Waals surface area contributed by atoms with Gasteiger partial charge in [0.25, 0.3) is 0 Å². The van der Waals surface area contributed by atoms with Gasteiger partial charge in [-0.15, -0.1) is 0 Å². The maximum absolute atomic E-state index is 5.65. The van der Waals surface area contributed by atoms with E-state index in [1.165, 1.54) is 5.56 Å². The lowest BCUT2D eigenvalue weighted by Gasteiger charge is -2.06. The summed E-state index contributed by atoms with van der Waals surface area (Å²) in [7, 11) is 0. The van der Waals surface area contributed by atoms with Gasteiger partial charge in [0, 0.05) is 11.5 Å². The Hall–Kier alpha value is -2.45. The quantitative estimate of drug-likeness (QED) is 0.511. The number of amidine groups is 3. The first-order valence-electron chi connectivity index (χ1n) is 9.36. The maximum Gasteiger partial charge on any atom is 0.154 e. The second kappa shape index (κ2) is 10.4. The molecule has 4 rings (SSSR count). The summed E-state index contributed by atoms with van der Waals surface area (Å²) in [6, 6.07) is 18.9. The number of aliphatic imine (C=N–C) groups is 3. The molecule has 2 atom stereocenters. The number of nitrogens with zero attached hydrogens (tertiary/aromatic N) is 3. The van der Waals surface area contributed by atoms with Crippen LogP contribution in [0.4, 0.5) is 5.69 Å². The molecule has 6 N–H and O–H groups in total. The molecule has 29 heavy (non-hydrogen) atoms. The van der Waals surface area contributed by atoms with Gasteiger partial charge in [-0.1, -0.05) is 66.0 Å². The average molecular weight is 427 g/mol. The number of nitrogens with two attached hydrogens (primary N) is 3. The molecule has 0 amide bonds. The van der Waals surface area contributed by atoms with Crippen LogP contribution in [0.25, 0.3) is 0 Å². The van der Waals surface area contributed by atoms with E-state index in [1.54, 1.807) is 30.4 Å². The van der Waals surface area contributed by atoms with E-state index >= 15 is 0 Å². The van der Waals surface area contributed by atoms with Crippen LogP contribution in [0, 0.1) is 0 Å². The number of benzene rings is 2. The van der Waals surface area contributed by atoms with Crippen molar-refractivity contribution in [1.82, 2.24) is 0 Å². The van der Waals surface area contributed by atoms with E-state index in [4.69, 9.17) is 17.2 Å². The molecule has 0 aromatic heterocycles. The van der Waals surface area contributed by atoms with Crippen LogP contribution in [0.2, 0.25) is 0 Å². The highest BCUT2D eigenvalue weighted by atomic mass is 32.2. The Morgan fingerprint density at radius 2 is 1.72 bits per heavy atom. The highest BCUT2D eigenvalue weighted by Gasteiger charge is 2.18. The second-order valence-electron chi connectivity index (χ2n) is 6.76. The summed E-state index contributed by atoms with van der Waals surface area (Å²) in [6.07, 6.45) is 1.01. The molecule has 2 aliphatic rings. The van der Waals surface area contributed by atoms with E-state index < -0.39 is 0 Å². The van der Waals surface area contributed by atoms with Gasteiger partial charge in [0.05, 0.1) is 23.6 Å². The van der Waals surface area contributed by atoms with Gasteiger partial charge in [0.1, 0.15) is 0 Å². The minimum Gasteiger partial charge on any atom is -0.387 e. The van der Waals surface area contributed by atoms with E-state index in [0.717, 1.165) is 34.3 Å². The Kier molecular flexibility index (Phi) is 7.60. The van der Waals surface area contributed by atoms with Gasteiger partial charge in [0.15, 0.2) is 10.3 Å². The fraction of sp³-hybridized carbons (Fsp3) is 0.286. The molecule has 2 aromatic rings. The molecular weight excluding hydrogens is 400 g/mol. The van der Waals surface area contributed by atoms with Crippen molar-refractivity contribution in [2.45, 2.75) is 25.4 Å². The summed E-state index contributed by atoms with van der Waals surface area (Å²) in [4.78, 5) is 12.9. The molecule has 2 heterocycles. The zero-order chi connectivity index (χ0) is 20.6. The molecule has 0 radical (unpaired) electrons. The summed E-state index contributed by atoms with van der Waals surface area (Å²) in [5.41, 5.74) is 20.1. The first kappa shape index (κ1) is 21.3. The molecule has 0 saturated carbocycles. The minimum absolute atomic E-state index is 0.151. The van der Waals surface area contributed by atoms with E-state index in [9.17, 15) is 0 Å². The molecule has 2 aromatic carbocycles. The predicted molar refractivity (Wildman–Crippen MR) is 128 cm³/mol. The van der Waals surface area contributed by atoms with Gasteiger partial charge in [0.2, 0.25) is 0 Å². The normalized spacial score (nSPS) is 21.2. The fourth-order valence-corrected chi connectivity index (χ4v) is 4.57. The van der Waals surface area contributed by atoms with Gasteiger partial charge in [-0.2, -0.15) is 0 Å². The van der Waals surface area contributed by atoms with Crippen LogP contribution in [0.15, 0.2) is 69.6 Å². The Morgan fingerprint density at radius 3 is 2.34 bits per heavy atom. The van der Waals surface area contributed by atoms with Crippen molar-refractivity contribution >= 4 is 45.4 Å². The molecule has 0 saturated heterocycles. The first-order valence-corrected chi connectivity index (χ1v) is 11.3. The van der Waals surface area contributed by atoms with Crippen molar-refractivity contribution in [2.75, 3.05) is 11.5 Å². The van der Waals surface area contributed by atoms with Crippen molar-refractivity contribution in [2.24, 2.45) is 32.2 Å². The number of hydrogen-bond donors (Lipinski definition) is 3. The number of thioether (sulfide) groups is 2. The summed E-state index contributed by atoms with van der Waals surface area (Å²) in [5.74, 6) is 2.49. The van der Waals surface area contributed by atoms with Crippen molar-refractivity contribution in [3.05, 3.63) is 65.7 Å². The molecule has 0 aliphatic carbocycles. The monoisotopic (exact) mass is 426 g/mol. The Morgan fingerprint density at radius 1 is 1.00 bits per heavy atom. The third kappa shape index (κ3) is 6.83. The van der Waals surface area contributed by atoms with E-state index in [0.29, 0.717) is 17.0 Å².